The fraction of sp³-hybridized carbons (Fsp3) is 0.538. The van der Waals surface area contributed by atoms with Crippen molar-refractivity contribution in [1.29, 1.82) is 0 Å². The molecule has 0 aliphatic rings. The predicted molar refractivity (Wildman–Crippen MR) is 84.1 cm³/mol. The Morgan fingerprint density at radius 1 is 1.23 bits per heavy atom. The van der Waals surface area contributed by atoms with Crippen molar-refractivity contribution in [2.45, 2.75) is 18.7 Å². The van der Waals surface area contributed by atoms with Crippen molar-refractivity contribution in [3.8, 4) is 5.75 Å². The van der Waals surface area contributed by atoms with Gasteiger partial charge in [0, 0.05) is 33.3 Å². The topological polar surface area (TPSA) is 93.0 Å². The smallest absolute Gasteiger partial charge is 0.314 e. The van der Waals surface area contributed by atoms with E-state index >= 15 is 0 Å². The first-order valence-corrected chi connectivity index (χ1v) is 8.18. The van der Waals surface area contributed by atoms with E-state index in [0.29, 0.717) is 5.69 Å². The molecule has 0 heterocycles. The summed E-state index contributed by atoms with van der Waals surface area (Å²) in [6.45, 7) is 4.00. The summed E-state index contributed by atoms with van der Waals surface area (Å²) in [5, 5.41) is 11.2. The summed E-state index contributed by atoms with van der Waals surface area (Å²) in [5.74, 6) is 0.0356. The molecular formula is C13H21N3O5S. The van der Waals surface area contributed by atoms with Gasteiger partial charge in [-0.1, -0.05) is 13.8 Å². The standard InChI is InChI=1S/C13H21N3O5S/c1-6-15(7-2)22(19,20)10-8-11(14(3)4)13(21-5)12(9-10)16(17)18/h8-9H,6-7H2,1-5H3. The minimum atomic E-state index is -3.79. The van der Waals surface area contributed by atoms with Crippen LogP contribution in [-0.2, 0) is 10.0 Å². The Bertz CT molecular complexity index is 654. The highest BCUT2D eigenvalue weighted by molar-refractivity contribution is 7.89. The van der Waals surface area contributed by atoms with E-state index in [0.717, 1.165) is 6.07 Å². The van der Waals surface area contributed by atoms with Crippen molar-refractivity contribution in [1.82, 2.24) is 4.31 Å². The van der Waals surface area contributed by atoms with Crippen LogP contribution in [0.2, 0.25) is 0 Å². The van der Waals surface area contributed by atoms with E-state index in [2.05, 4.69) is 0 Å². The number of anilines is 1. The summed E-state index contributed by atoms with van der Waals surface area (Å²) in [4.78, 5) is 12.1. The third-order valence-electron chi connectivity index (χ3n) is 3.25. The van der Waals surface area contributed by atoms with E-state index in [1.807, 2.05) is 0 Å². The van der Waals surface area contributed by atoms with Gasteiger partial charge in [0.1, 0.15) is 0 Å². The second-order valence-corrected chi connectivity index (χ2v) is 6.67. The summed E-state index contributed by atoms with van der Waals surface area (Å²) in [6.07, 6.45) is 0. The monoisotopic (exact) mass is 331 g/mol. The van der Waals surface area contributed by atoms with Crippen molar-refractivity contribution in [2.75, 3.05) is 39.2 Å². The molecule has 0 spiro atoms. The molecule has 1 aromatic carbocycles. The second kappa shape index (κ2) is 6.93. The molecule has 0 unspecified atom stereocenters. The van der Waals surface area contributed by atoms with Gasteiger partial charge in [0.05, 0.1) is 22.6 Å². The average Bonchev–Trinajstić information content (AvgIpc) is 2.46. The van der Waals surface area contributed by atoms with Crippen molar-refractivity contribution >= 4 is 21.4 Å². The second-order valence-electron chi connectivity index (χ2n) is 4.74. The first-order chi connectivity index (χ1) is 10.2. The third-order valence-corrected chi connectivity index (χ3v) is 5.28. The van der Waals surface area contributed by atoms with Crippen molar-refractivity contribution in [2.24, 2.45) is 0 Å². The summed E-state index contributed by atoms with van der Waals surface area (Å²) >= 11 is 0. The van der Waals surface area contributed by atoms with E-state index in [1.54, 1.807) is 32.8 Å². The molecule has 1 rings (SSSR count). The molecule has 8 nitrogen and oxygen atoms in total. The van der Waals surface area contributed by atoms with Crippen LogP contribution in [0.4, 0.5) is 11.4 Å². The summed E-state index contributed by atoms with van der Waals surface area (Å²) in [5.41, 5.74) is -0.0399. The summed E-state index contributed by atoms with van der Waals surface area (Å²) in [7, 11) is 0.846. The molecule has 0 saturated carbocycles. The molecule has 124 valence electrons. The molecule has 1 aromatic rings. The minimum absolute atomic E-state index is 0.0356. The quantitative estimate of drug-likeness (QED) is 0.558. The Kier molecular flexibility index (Phi) is 5.72. The molecule has 0 aromatic heterocycles. The number of nitro groups is 1. The van der Waals surface area contributed by atoms with Gasteiger partial charge in [0.2, 0.25) is 15.8 Å². The summed E-state index contributed by atoms with van der Waals surface area (Å²) in [6, 6.07) is 2.43. The van der Waals surface area contributed by atoms with E-state index in [-0.39, 0.29) is 29.4 Å². The lowest BCUT2D eigenvalue weighted by Gasteiger charge is -2.21. The van der Waals surface area contributed by atoms with Crippen LogP contribution in [0.25, 0.3) is 0 Å². The molecule has 0 aliphatic carbocycles. The fourth-order valence-corrected chi connectivity index (χ4v) is 3.61. The highest BCUT2D eigenvalue weighted by atomic mass is 32.2. The Morgan fingerprint density at radius 3 is 2.14 bits per heavy atom. The van der Waals surface area contributed by atoms with Gasteiger partial charge in [-0.05, 0) is 6.07 Å². The Morgan fingerprint density at radius 2 is 1.77 bits per heavy atom. The molecule has 9 heteroatoms. The molecule has 0 radical (unpaired) electrons. The molecule has 0 aliphatic heterocycles. The lowest BCUT2D eigenvalue weighted by atomic mass is 10.2. The number of benzene rings is 1. The zero-order valence-electron chi connectivity index (χ0n) is 13.4. The Balaban J connectivity index is 3.68. The van der Waals surface area contributed by atoms with Gasteiger partial charge < -0.3 is 9.64 Å². The normalized spacial score (nSPS) is 11.5. The minimum Gasteiger partial charge on any atom is -0.489 e. The van der Waals surface area contributed by atoms with Crippen LogP contribution in [0.15, 0.2) is 17.0 Å². The largest absolute Gasteiger partial charge is 0.489 e. The van der Waals surface area contributed by atoms with Gasteiger partial charge in [-0.3, -0.25) is 10.1 Å². The number of sulfonamides is 1. The fourth-order valence-electron chi connectivity index (χ4n) is 2.11. The maximum atomic E-state index is 12.6. The van der Waals surface area contributed by atoms with Crippen LogP contribution in [0, 0.1) is 10.1 Å². The molecule has 0 N–H and O–H groups in total. The van der Waals surface area contributed by atoms with E-state index in [4.69, 9.17) is 4.74 Å². The van der Waals surface area contributed by atoms with Crippen LogP contribution in [-0.4, -0.2) is 51.9 Å². The highest BCUT2D eigenvalue weighted by Gasteiger charge is 2.29. The number of ether oxygens (including phenoxy) is 1. The molecule has 0 atom stereocenters. The summed E-state index contributed by atoms with van der Waals surface area (Å²) < 4.78 is 31.5. The number of hydrogen-bond acceptors (Lipinski definition) is 6. The average molecular weight is 331 g/mol. The van der Waals surface area contributed by atoms with E-state index in [1.165, 1.54) is 17.5 Å². The van der Waals surface area contributed by atoms with Gasteiger partial charge in [0.25, 0.3) is 0 Å². The molecule has 0 amide bonds. The molecule has 0 saturated heterocycles. The Hall–Kier alpha value is -1.87. The number of methoxy groups -OCH3 is 1. The number of hydrogen-bond donors (Lipinski definition) is 0. The zero-order chi connectivity index (χ0) is 17.1. The van der Waals surface area contributed by atoms with Gasteiger partial charge in [-0.15, -0.1) is 0 Å². The van der Waals surface area contributed by atoms with E-state index < -0.39 is 14.9 Å². The van der Waals surface area contributed by atoms with Crippen LogP contribution in [0.5, 0.6) is 5.75 Å². The Labute approximate surface area is 130 Å². The van der Waals surface area contributed by atoms with Crippen molar-refractivity contribution in [3.63, 3.8) is 0 Å². The lowest BCUT2D eigenvalue weighted by molar-refractivity contribution is -0.385. The zero-order valence-corrected chi connectivity index (χ0v) is 14.2. The lowest BCUT2D eigenvalue weighted by Crippen LogP contribution is -2.30. The van der Waals surface area contributed by atoms with Crippen molar-refractivity contribution in [3.05, 3.63) is 22.2 Å². The van der Waals surface area contributed by atoms with Gasteiger partial charge in [0.15, 0.2) is 0 Å². The number of nitrogens with zero attached hydrogens (tertiary/aromatic N) is 3. The SMILES string of the molecule is CCN(CC)S(=O)(=O)c1cc(N(C)C)c(OC)c([N+](=O)[O-])c1. The molecule has 0 fully saturated rings. The van der Waals surface area contributed by atoms with Gasteiger partial charge in [-0.25, -0.2) is 8.42 Å². The van der Waals surface area contributed by atoms with Gasteiger partial charge >= 0.3 is 5.69 Å². The maximum absolute atomic E-state index is 12.6. The van der Waals surface area contributed by atoms with Crippen molar-refractivity contribution < 1.29 is 18.1 Å². The third kappa shape index (κ3) is 3.30. The molecule has 22 heavy (non-hydrogen) atoms. The van der Waals surface area contributed by atoms with Crippen LogP contribution in [0.1, 0.15) is 13.8 Å². The first-order valence-electron chi connectivity index (χ1n) is 6.74. The van der Waals surface area contributed by atoms with E-state index in [9.17, 15) is 18.5 Å². The number of rotatable bonds is 7. The highest BCUT2D eigenvalue weighted by Crippen LogP contribution is 2.39. The number of nitro benzene ring substituents is 1. The van der Waals surface area contributed by atoms with Crippen LogP contribution >= 0.6 is 0 Å². The molecule has 0 bridgehead atoms. The van der Waals surface area contributed by atoms with Crippen LogP contribution < -0.4 is 9.64 Å². The first kappa shape index (κ1) is 18.2. The van der Waals surface area contributed by atoms with Crippen LogP contribution in [0.3, 0.4) is 0 Å². The predicted octanol–water partition coefficient (Wildman–Crippen LogP) is 1.70. The molecular weight excluding hydrogens is 310 g/mol. The van der Waals surface area contributed by atoms with Gasteiger partial charge in [-0.2, -0.15) is 4.31 Å². The maximum Gasteiger partial charge on any atom is 0.314 e.